The second kappa shape index (κ2) is 7.68. The molecule has 2 heterocycles. The second-order valence-electron chi connectivity index (χ2n) is 7.19. The summed E-state index contributed by atoms with van der Waals surface area (Å²) in [5.41, 5.74) is 1.99. The van der Waals surface area contributed by atoms with E-state index in [1.165, 1.54) is 6.07 Å². The summed E-state index contributed by atoms with van der Waals surface area (Å²) in [7, 11) is 0. The van der Waals surface area contributed by atoms with Crippen molar-refractivity contribution < 1.29 is 18.0 Å². The minimum absolute atomic E-state index is 0.128. The van der Waals surface area contributed by atoms with E-state index in [1.54, 1.807) is 36.4 Å². The maximum absolute atomic E-state index is 13.8. The van der Waals surface area contributed by atoms with Gasteiger partial charge in [-0.25, -0.2) is 4.68 Å². The number of hydrogen-bond acceptors (Lipinski definition) is 3. The van der Waals surface area contributed by atoms with Gasteiger partial charge in [-0.15, -0.1) is 0 Å². The van der Waals surface area contributed by atoms with Crippen LogP contribution in [0.3, 0.4) is 0 Å². The van der Waals surface area contributed by atoms with Crippen LogP contribution in [0.1, 0.15) is 40.1 Å². The fraction of sp³-hybridized carbons (Fsp3) is 0.238. The van der Waals surface area contributed by atoms with Gasteiger partial charge >= 0.3 is 6.18 Å². The zero-order chi connectivity index (χ0) is 21.5. The van der Waals surface area contributed by atoms with Gasteiger partial charge in [0.1, 0.15) is 5.82 Å². The van der Waals surface area contributed by atoms with Crippen molar-refractivity contribution in [1.29, 1.82) is 0 Å². The summed E-state index contributed by atoms with van der Waals surface area (Å²) >= 11 is 6.04. The number of aryl methyl sites for hydroxylation is 1. The molecule has 9 heteroatoms. The number of para-hydroxylation sites is 1. The molecule has 2 N–H and O–H groups in total. The molecule has 0 aliphatic carbocycles. The normalized spacial score (nSPS) is 18.4. The zero-order valence-electron chi connectivity index (χ0n) is 15.9. The van der Waals surface area contributed by atoms with E-state index in [0.29, 0.717) is 10.7 Å². The molecular weight excluding hydrogens is 417 g/mol. The Bertz CT molecular complexity index is 1080. The van der Waals surface area contributed by atoms with Crippen LogP contribution < -0.4 is 10.6 Å². The lowest BCUT2D eigenvalue weighted by atomic mass is 9.96. The van der Waals surface area contributed by atoms with Gasteiger partial charge in [-0.3, -0.25) is 4.79 Å². The van der Waals surface area contributed by atoms with Crippen LogP contribution in [-0.2, 0) is 0 Å². The van der Waals surface area contributed by atoms with E-state index < -0.39 is 24.2 Å². The van der Waals surface area contributed by atoms with Crippen molar-refractivity contribution in [3.05, 3.63) is 76.4 Å². The highest BCUT2D eigenvalue weighted by molar-refractivity contribution is 6.33. The Kier molecular flexibility index (Phi) is 5.19. The molecule has 3 aromatic rings. The summed E-state index contributed by atoms with van der Waals surface area (Å²) < 4.78 is 42.2. The molecule has 1 aromatic heterocycles. The molecule has 0 saturated carbocycles. The third-order valence-electron chi connectivity index (χ3n) is 5.02. The summed E-state index contributed by atoms with van der Waals surface area (Å²) in [5.74, 6) is -0.502. The van der Waals surface area contributed by atoms with Crippen molar-refractivity contribution in [3.63, 3.8) is 0 Å². The smallest absolute Gasteiger partial charge is 0.363 e. The van der Waals surface area contributed by atoms with Crippen LogP contribution in [0.2, 0.25) is 5.02 Å². The van der Waals surface area contributed by atoms with Gasteiger partial charge in [0.15, 0.2) is 11.7 Å². The Morgan fingerprint density at radius 2 is 1.90 bits per heavy atom. The van der Waals surface area contributed by atoms with E-state index in [-0.39, 0.29) is 17.9 Å². The minimum Gasteiger partial charge on any atom is -0.363 e. The van der Waals surface area contributed by atoms with Crippen LogP contribution in [0, 0.1) is 6.92 Å². The van der Waals surface area contributed by atoms with Gasteiger partial charge in [0.25, 0.3) is 5.91 Å². The molecule has 1 amide bonds. The second-order valence-corrected chi connectivity index (χ2v) is 7.60. The number of alkyl halides is 3. The van der Waals surface area contributed by atoms with E-state index in [4.69, 9.17) is 11.6 Å². The van der Waals surface area contributed by atoms with Crippen molar-refractivity contribution in [2.75, 3.05) is 10.6 Å². The molecular formula is C21H18ClF3N4O. The van der Waals surface area contributed by atoms with Crippen LogP contribution in [0.5, 0.6) is 0 Å². The number of amides is 1. The average Bonchev–Trinajstić information content (AvgIpc) is 3.13. The van der Waals surface area contributed by atoms with Gasteiger partial charge in [0.05, 0.1) is 16.8 Å². The molecule has 0 saturated heterocycles. The predicted molar refractivity (Wildman–Crippen MR) is 109 cm³/mol. The number of halogens is 4. The van der Waals surface area contributed by atoms with Gasteiger partial charge in [-0.1, -0.05) is 53.6 Å². The van der Waals surface area contributed by atoms with Crippen molar-refractivity contribution in [2.45, 2.75) is 31.6 Å². The fourth-order valence-corrected chi connectivity index (χ4v) is 3.63. The topological polar surface area (TPSA) is 59.0 Å². The lowest BCUT2D eigenvalue weighted by molar-refractivity contribution is -0.173. The zero-order valence-corrected chi connectivity index (χ0v) is 16.6. The first-order valence-corrected chi connectivity index (χ1v) is 9.65. The first-order valence-electron chi connectivity index (χ1n) is 9.27. The number of fused-ring (bicyclic) bond motifs is 1. The molecule has 2 aromatic carbocycles. The van der Waals surface area contributed by atoms with Gasteiger partial charge in [0.2, 0.25) is 0 Å². The molecule has 0 radical (unpaired) electrons. The summed E-state index contributed by atoms with van der Waals surface area (Å²) in [6.45, 7) is 1.91. The molecule has 0 bridgehead atoms. The number of carbonyl (C=O) groups is 1. The highest BCUT2D eigenvalue weighted by Crippen LogP contribution is 2.43. The summed E-state index contributed by atoms with van der Waals surface area (Å²) in [6.07, 6.45) is -4.74. The Morgan fingerprint density at radius 1 is 1.20 bits per heavy atom. The first kappa shape index (κ1) is 20.3. The number of anilines is 2. The number of aromatic nitrogens is 2. The Labute approximate surface area is 175 Å². The molecule has 0 fully saturated rings. The van der Waals surface area contributed by atoms with Crippen molar-refractivity contribution in [2.24, 2.45) is 0 Å². The van der Waals surface area contributed by atoms with E-state index in [1.807, 2.05) is 19.1 Å². The van der Waals surface area contributed by atoms with Crippen LogP contribution in [0.25, 0.3) is 0 Å². The third-order valence-corrected chi connectivity index (χ3v) is 5.35. The van der Waals surface area contributed by atoms with Crippen LogP contribution in [0.15, 0.2) is 54.6 Å². The summed E-state index contributed by atoms with van der Waals surface area (Å²) in [5, 5.41) is 9.93. The quantitative estimate of drug-likeness (QED) is 0.551. The molecule has 1 aliphatic rings. The van der Waals surface area contributed by atoms with E-state index >= 15 is 0 Å². The van der Waals surface area contributed by atoms with Gasteiger partial charge in [0, 0.05) is 12.5 Å². The maximum Gasteiger partial charge on any atom is 0.410 e. The molecule has 2 atom stereocenters. The monoisotopic (exact) mass is 434 g/mol. The maximum atomic E-state index is 13.8. The van der Waals surface area contributed by atoms with Gasteiger partial charge in [-0.2, -0.15) is 18.3 Å². The lowest BCUT2D eigenvalue weighted by Crippen LogP contribution is -2.35. The summed E-state index contributed by atoms with van der Waals surface area (Å²) in [4.78, 5) is 12.6. The minimum atomic E-state index is -4.51. The van der Waals surface area contributed by atoms with Crippen molar-refractivity contribution in [3.8, 4) is 0 Å². The molecule has 156 valence electrons. The first-order chi connectivity index (χ1) is 14.2. The number of carbonyl (C=O) groups excluding carboxylic acids is 1. The highest BCUT2D eigenvalue weighted by Gasteiger charge is 2.46. The molecule has 4 rings (SSSR count). The lowest BCUT2D eigenvalue weighted by Gasteiger charge is -2.33. The number of hydrogen-bond donors (Lipinski definition) is 2. The Morgan fingerprint density at radius 3 is 2.57 bits per heavy atom. The van der Waals surface area contributed by atoms with Crippen LogP contribution in [-0.4, -0.2) is 21.9 Å². The van der Waals surface area contributed by atoms with Gasteiger partial charge in [-0.05, 0) is 24.6 Å². The van der Waals surface area contributed by atoms with Crippen molar-refractivity contribution in [1.82, 2.24) is 9.78 Å². The predicted octanol–water partition coefficient (Wildman–Crippen LogP) is 5.76. The Balaban J connectivity index is 1.65. The van der Waals surface area contributed by atoms with E-state index in [9.17, 15) is 18.0 Å². The molecule has 1 aliphatic heterocycles. The highest BCUT2D eigenvalue weighted by atomic mass is 35.5. The number of benzene rings is 2. The largest absolute Gasteiger partial charge is 0.410 e. The molecule has 5 nitrogen and oxygen atoms in total. The molecule has 30 heavy (non-hydrogen) atoms. The van der Waals surface area contributed by atoms with Crippen molar-refractivity contribution >= 4 is 29.0 Å². The van der Waals surface area contributed by atoms with E-state index in [2.05, 4.69) is 15.7 Å². The molecule has 0 spiro atoms. The number of nitrogens with one attached hydrogen (secondary N) is 2. The van der Waals surface area contributed by atoms with Crippen LogP contribution in [0.4, 0.5) is 24.7 Å². The average molecular weight is 435 g/mol. The SMILES string of the molecule is Cc1ccc([C@@H]2C[C@@H](C(F)(F)F)n3nc(C(=O)Nc4ccccc4Cl)cc3N2)cc1. The number of rotatable bonds is 3. The third kappa shape index (κ3) is 4.00. The van der Waals surface area contributed by atoms with Crippen LogP contribution >= 0.6 is 11.6 Å². The Hall–Kier alpha value is -3.00. The standard InChI is InChI=1S/C21H18ClF3N4O/c1-12-6-8-13(9-7-12)16-10-18(21(23,24)25)29-19(26-16)11-17(28-29)20(30)27-15-5-3-2-4-14(15)22/h2-9,11,16,18,26H,10H2,1H3,(H,27,30)/t16-,18-/m0/s1. The van der Waals surface area contributed by atoms with E-state index in [0.717, 1.165) is 15.8 Å². The fourth-order valence-electron chi connectivity index (χ4n) is 3.45. The van der Waals surface area contributed by atoms with Gasteiger partial charge < -0.3 is 10.6 Å². The summed E-state index contributed by atoms with van der Waals surface area (Å²) in [6, 6.07) is 12.8. The number of nitrogens with zero attached hydrogens (tertiary/aromatic N) is 2. The molecule has 0 unspecified atom stereocenters.